The smallest absolute Gasteiger partial charge is 0.211 e. The van der Waals surface area contributed by atoms with Gasteiger partial charge in [-0.15, -0.1) is 0 Å². The molecule has 0 aliphatic heterocycles. The molecular weight excluding hydrogens is 193 g/mol. The molecule has 0 bridgehead atoms. The molecule has 15 heavy (non-hydrogen) atoms. The normalized spacial score (nSPS) is 18.5. The van der Waals surface area contributed by atoms with Gasteiger partial charge in [-0.25, -0.2) is 9.18 Å². The number of hydrogen-bond acceptors (Lipinski definition) is 2. The second-order valence-electron chi connectivity index (χ2n) is 3.95. The summed E-state index contributed by atoms with van der Waals surface area (Å²) in [6, 6.07) is 6.35. The first-order valence-electron chi connectivity index (χ1n) is 5.12. The van der Waals surface area contributed by atoms with Crippen LogP contribution in [0, 0.1) is 5.82 Å². The molecule has 0 amide bonds. The number of benzene rings is 1. The van der Waals surface area contributed by atoms with Crippen LogP contribution in [-0.2, 0) is 10.3 Å². The van der Waals surface area contributed by atoms with E-state index >= 15 is 0 Å². The van der Waals surface area contributed by atoms with E-state index in [9.17, 15) is 9.18 Å². The van der Waals surface area contributed by atoms with Gasteiger partial charge >= 0.3 is 0 Å². The van der Waals surface area contributed by atoms with E-state index in [2.05, 4.69) is 4.99 Å². The Bertz CT molecular complexity index is 404. The summed E-state index contributed by atoms with van der Waals surface area (Å²) in [6.45, 7) is 0. The lowest BCUT2D eigenvalue weighted by Gasteiger charge is -2.22. The van der Waals surface area contributed by atoms with Gasteiger partial charge in [0, 0.05) is 0 Å². The van der Waals surface area contributed by atoms with Crippen molar-refractivity contribution in [1.82, 2.24) is 0 Å². The molecule has 1 saturated carbocycles. The van der Waals surface area contributed by atoms with Crippen molar-refractivity contribution in [2.75, 3.05) is 0 Å². The van der Waals surface area contributed by atoms with Crippen molar-refractivity contribution in [3.05, 3.63) is 35.6 Å². The Labute approximate surface area is 87.8 Å². The monoisotopic (exact) mass is 205 g/mol. The van der Waals surface area contributed by atoms with Crippen LogP contribution in [0.1, 0.15) is 31.2 Å². The number of halogens is 1. The first-order chi connectivity index (χ1) is 7.27. The molecule has 1 aliphatic carbocycles. The van der Waals surface area contributed by atoms with Gasteiger partial charge in [0.05, 0.1) is 5.54 Å². The van der Waals surface area contributed by atoms with Gasteiger partial charge < -0.3 is 0 Å². The SMILES string of the molecule is O=C=NC1(c2cccc(F)c2)CCCC1. The van der Waals surface area contributed by atoms with Crippen LogP contribution in [0.5, 0.6) is 0 Å². The van der Waals surface area contributed by atoms with Crippen molar-refractivity contribution in [2.24, 2.45) is 4.99 Å². The van der Waals surface area contributed by atoms with Crippen LogP contribution < -0.4 is 0 Å². The molecule has 0 heterocycles. The molecule has 0 radical (unpaired) electrons. The van der Waals surface area contributed by atoms with E-state index in [4.69, 9.17) is 0 Å². The number of rotatable bonds is 2. The first-order valence-corrected chi connectivity index (χ1v) is 5.12. The summed E-state index contributed by atoms with van der Waals surface area (Å²) >= 11 is 0. The average Bonchev–Trinajstić information content (AvgIpc) is 2.68. The van der Waals surface area contributed by atoms with Crippen LogP contribution in [0.3, 0.4) is 0 Å². The Morgan fingerprint density at radius 3 is 2.67 bits per heavy atom. The van der Waals surface area contributed by atoms with Crippen molar-refractivity contribution in [3.63, 3.8) is 0 Å². The maximum atomic E-state index is 13.1. The molecule has 1 fully saturated rings. The molecule has 2 rings (SSSR count). The topological polar surface area (TPSA) is 29.4 Å². The fraction of sp³-hybridized carbons (Fsp3) is 0.417. The van der Waals surface area contributed by atoms with Gasteiger partial charge in [0.25, 0.3) is 0 Å². The van der Waals surface area contributed by atoms with E-state index in [0.717, 1.165) is 31.2 Å². The highest BCUT2D eigenvalue weighted by Crippen LogP contribution is 2.42. The summed E-state index contributed by atoms with van der Waals surface area (Å²) in [5.74, 6) is -0.278. The summed E-state index contributed by atoms with van der Waals surface area (Å²) in [4.78, 5) is 14.3. The van der Waals surface area contributed by atoms with Gasteiger partial charge in [-0.2, -0.15) is 4.99 Å². The van der Waals surface area contributed by atoms with E-state index in [0.29, 0.717) is 0 Å². The Hall–Kier alpha value is -1.47. The van der Waals surface area contributed by atoms with Gasteiger partial charge in [-0.3, -0.25) is 0 Å². The summed E-state index contributed by atoms with van der Waals surface area (Å²) in [7, 11) is 0. The number of isocyanates is 1. The zero-order chi connectivity index (χ0) is 10.7. The van der Waals surface area contributed by atoms with E-state index < -0.39 is 5.54 Å². The molecule has 0 saturated heterocycles. The molecule has 0 spiro atoms. The van der Waals surface area contributed by atoms with Crippen LogP contribution in [0.25, 0.3) is 0 Å². The standard InChI is InChI=1S/C12H12FNO/c13-11-5-3-4-10(8-11)12(14-9-15)6-1-2-7-12/h3-5,8H,1-2,6-7H2. The minimum Gasteiger partial charge on any atom is -0.211 e. The number of hydrogen-bond donors (Lipinski definition) is 0. The fourth-order valence-corrected chi connectivity index (χ4v) is 2.29. The second kappa shape index (κ2) is 3.95. The highest BCUT2D eigenvalue weighted by molar-refractivity contribution is 5.38. The molecule has 78 valence electrons. The molecule has 1 aliphatic rings. The van der Waals surface area contributed by atoms with Crippen LogP contribution in [-0.4, -0.2) is 6.08 Å². The third-order valence-corrected chi connectivity index (χ3v) is 3.05. The lowest BCUT2D eigenvalue weighted by Crippen LogP contribution is -2.18. The maximum Gasteiger partial charge on any atom is 0.235 e. The van der Waals surface area contributed by atoms with Gasteiger partial charge in [0.15, 0.2) is 0 Å². The molecule has 0 atom stereocenters. The Kier molecular flexibility index (Phi) is 2.65. The van der Waals surface area contributed by atoms with Crippen LogP contribution >= 0.6 is 0 Å². The van der Waals surface area contributed by atoms with E-state index in [1.165, 1.54) is 12.1 Å². The maximum absolute atomic E-state index is 13.1. The number of carbonyl (C=O) groups excluding carboxylic acids is 1. The predicted molar refractivity (Wildman–Crippen MR) is 54.7 cm³/mol. The number of nitrogens with zero attached hydrogens (tertiary/aromatic N) is 1. The Balaban J connectivity index is 2.45. The van der Waals surface area contributed by atoms with Crippen molar-refractivity contribution in [1.29, 1.82) is 0 Å². The van der Waals surface area contributed by atoms with Crippen LogP contribution in [0.15, 0.2) is 29.3 Å². The van der Waals surface area contributed by atoms with Crippen LogP contribution in [0.4, 0.5) is 4.39 Å². The molecular formula is C12H12FNO. The third-order valence-electron chi connectivity index (χ3n) is 3.05. The third kappa shape index (κ3) is 1.83. The van der Waals surface area contributed by atoms with Crippen molar-refractivity contribution in [3.8, 4) is 0 Å². The van der Waals surface area contributed by atoms with Crippen molar-refractivity contribution < 1.29 is 9.18 Å². The van der Waals surface area contributed by atoms with Gasteiger partial charge in [-0.1, -0.05) is 25.0 Å². The quantitative estimate of drug-likeness (QED) is 0.539. The van der Waals surface area contributed by atoms with E-state index in [1.54, 1.807) is 12.1 Å². The lowest BCUT2D eigenvalue weighted by molar-refractivity contribution is 0.452. The minimum atomic E-state index is -0.510. The summed E-state index contributed by atoms with van der Waals surface area (Å²) in [5, 5.41) is 0. The first kappa shape index (κ1) is 10.1. The summed E-state index contributed by atoms with van der Waals surface area (Å²) < 4.78 is 13.1. The zero-order valence-electron chi connectivity index (χ0n) is 8.37. The molecule has 0 unspecified atom stereocenters. The lowest BCUT2D eigenvalue weighted by atomic mass is 9.89. The van der Waals surface area contributed by atoms with Crippen LogP contribution in [0.2, 0.25) is 0 Å². The van der Waals surface area contributed by atoms with E-state index in [-0.39, 0.29) is 5.82 Å². The molecule has 1 aromatic rings. The molecule has 3 heteroatoms. The minimum absolute atomic E-state index is 0.278. The van der Waals surface area contributed by atoms with Gasteiger partial charge in [0.1, 0.15) is 5.82 Å². The summed E-state index contributed by atoms with van der Waals surface area (Å²) in [5.41, 5.74) is 0.285. The fourth-order valence-electron chi connectivity index (χ4n) is 2.29. The predicted octanol–water partition coefficient (Wildman–Crippen LogP) is 2.93. The van der Waals surface area contributed by atoms with E-state index in [1.807, 2.05) is 6.07 Å². The second-order valence-corrected chi connectivity index (χ2v) is 3.95. The van der Waals surface area contributed by atoms with Gasteiger partial charge in [0.2, 0.25) is 6.08 Å². The number of aliphatic imine (C=N–C) groups is 1. The van der Waals surface area contributed by atoms with Crippen molar-refractivity contribution in [2.45, 2.75) is 31.2 Å². The molecule has 0 N–H and O–H groups in total. The molecule has 2 nitrogen and oxygen atoms in total. The molecule has 1 aromatic carbocycles. The Morgan fingerprint density at radius 1 is 1.33 bits per heavy atom. The molecule has 0 aromatic heterocycles. The highest BCUT2D eigenvalue weighted by atomic mass is 19.1. The van der Waals surface area contributed by atoms with Gasteiger partial charge in [-0.05, 0) is 30.5 Å². The largest absolute Gasteiger partial charge is 0.235 e. The summed E-state index contributed by atoms with van der Waals surface area (Å²) in [6.07, 6.45) is 5.30. The highest BCUT2D eigenvalue weighted by Gasteiger charge is 2.35. The Morgan fingerprint density at radius 2 is 2.07 bits per heavy atom. The average molecular weight is 205 g/mol. The zero-order valence-corrected chi connectivity index (χ0v) is 8.37. The van der Waals surface area contributed by atoms with Crippen molar-refractivity contribution >= 4 is 6.08 Å².